The Balaban J connectivity index is 2.11. The van der Waals surface area contributed by atoms with Gasteiger partial charge in [0.1, 0.15) is 5.82 Å². The second-order valence-corrected chi connectivity index (χ2v) is 7.35. The number of rotatable bonds is 3. The normalized spacial score (nSPS) is 23.9. The van der Waals surface area contributed by atoms with Gasteiger partial charge in [0.25, 0.3) is 0 Å². The van der Waals surface area contributed by atoms with E-state index >= 15 is 0 Å². The van der Waals surface area contributed by atoms with Gasteiger partial charge < -0.3 is 10.1 Å². The summed E-state index contributed by atoms with van der Waals surface area (Å²) in [6.45, 7) is 8.13. The van der Waals surface area contributed by atoms with Crippen molar-refractivity contribution in [3.63, 3.8) is 0 Å². The van der Waals surface area contributed by atoms with E-state index in [1.165, 1.54) is 0 Å². The van der Waals surface area contributed by atoms with Crippen molar-refractivity contribution in [3.8, 4) is 0 Å². The summed E-state index contributed by atoms with van der Waals surface area (Å²) in [4.78, 5) is 0. The molecule has 1 heterocycles. The fourth-order valence-corrected chi connectivity index (χ4v) is 2.79. The molecule has 1 aromatic rings. The predicted molar refractivity (Wildman–Crippen MR) is 83.3 cm³/mol. The largest absolute Gasteiger partial charge is 0.373 e. The molecule has 0 amide bonds. The molecular formula is C16H23BrFNO. The van der Waals surface area contributed by atoms with E-state index in [1.54, 1.807) is 12.1 Å². The summed E-state index contributed by atoms with van der Waals surface area (Å²) in [5.41, 5.74) is 1.03. The number of benzene rings is 1. The molecule has 2 nitrogen and oxygen atoms in total. The molecule has 1 aliphatic heterocycles. The van der Waals surface area contributed by atoms with Crippen LogP contribution in [0.5, 0.6) is 0 Å². The van der Waals surface area contributed by atoms with Crippen molar-refractivity contribution in [1.82, 2.24) is 5.32 Å². The highest BCUT2D eigenvalue weighted by atomic mass is 79.9. The molecule has 0 radical (unpaired) electrons. The maximum atomic E-state index is 13.7. The van der Waals surface area contributed by atoms with Gasteiger partial charge >= 0.3 is 0 Å². The van der Waals surface area contributed by atoms with E-state index in [1.807, 2.05) is 6.07 Å². The highest BCUT2D eigenvalue weighted by Crippen LogP contribution is 2.34. The molecule has 0 saturated carbocycles. The molecule has 20 heavy (non-hydrogen) atoms. The van der Waals surface area contributed by atoms with E-state index in [4.69, 9.17) is 4.74 Å². The molecule has 2 unspecified atom stereocenters. The minimum absolute atomic E-state index is 0.0128. The third-order valence-electron chi connectivity index (χ3n) is 3.61. The lowest BCUT2D eigenvalue weighted by Gasteiger charge is -2.34. The van der Waals surface area contributed by atoms with E-state index in [2.05, 4.69) is 42.0 Å². The number of hydrogen-bond donors (Lipinski definition) is 1. The van der Waals surface area contributed by atoms with Crippen molar-refractivity contribution in [2.24, 2.45) is 5.92 Å². The van der Waals surface area contributed by atoms with Crippen LogP contribution in [0.4, 0.5) is 4.39 Å². The lowest BCUT2D eigenvalue weighted by Crippen LogP contribution is -2.41. The van der Waals surface area contributed by atoms with E-state index in [-0.39, 0.29) is 17.5 Å². The van der Waals surface area contributed by atoms with Gasteiger partial charge in [-0.2, -0.15) is 0 Å². The highest BCUT2D eigenvalue weighted by molar-refractivity contribution is 9.10. The van der Waals surface area contributed by atoms with Crippen LogP contribution < -0.4 is 5.32 Å². The van der Waals surface area contributed by atoms with Crippen LogP contribution in [-0.2, 0) is 4.74 Å². The van der Waals surface area contributed by atoms with Gasteiger partial charge in [-0.05, 0) is 67.2 Å². The van der Waals surface area contributed by atoms with Crippen LogP contribution >= 0.6 is 15.9 Å². The zero-order chi connectivity index (χ0) is 14.8. The second-order valence-electron chi connectivity index (χ2n) is 6.50. The Kier molecular flexibility index (Phi) is 5.21. The molecule has 2 atom stereocenters. The minimum atomic E-state index is -0.223. The molecule has 1 aromatic carbocycles. The smallest absolute Gasteiger partial charge is 0.137 e. The Morgan fingerprint density at radius 2 is 2.15 bits per heavy atom. The fourth-order valence-electron chi connectivity index (χ4n) is 2.55. The Hall–Kier alpha value is -0.450. The van der Waals surface area contributed by atoms with Crippen LogP contribution in [0.15, 0.2) is 22.7 Å². The molecule has 0 bridgehead atoms. The summed E-state index contributed by atoms with van der Waals surface area (Å²) in [5.74, 6) is 0.169. The molecule has 0 aromatic heterocycles. The molecule has 112 valence electrons. The van der Waals surface area contributed by atoms with E-state index < -0.39 is 0 Å². The van der Waals surface area contributed by atoms with Crippen molar-refractivity contribution in [3.05, 3.63) is 34.1 Å². The summed E-state index contributed by atoms with van der Waals surface area (Å²) in [7, 11) is 0. The third kappa shape index (κ3) is 4.27. The average Bonchev–Trinajstić information content (AvgIpc) is 2.39. The highest BCUT2D eigenvalue weighted by Gasteiger charge is 2.28. The summed E-state index contributed by atoms with van der Waals surface area (Å²) >= 11 is 3.20. The van der Waals surface area contributed by atoms with Gasteiger partial charge in [-0.15, -0.1) is 0 Å². The maximum Gasteiger partial charge on any atom is 0.137 e. The molecule has 4 heteroatoms. The van der Waals surface area contributed by atoms with E-state index in [0.717, 1.165) is 31.6 Å². The first-order valence-corrected chi connectivity index (χ1v) is 7.98. The molecular weight excluding hydrogens is 321 g/mol. The predicted octanol–water partition coefficient (Wildman–Crippen LogP) is 4.44. The van der Waals surface area contributed by atoms with Gasteiger partial charge in [0.2, 0.25) is 0 Å². The Labute approximate surface area is 129 Å². The maximum absolute atomic E-state index is 13.7. The summed E-state index contributed by atoms with van der Waals surface area (Å²) in [6.07, 6.45) is 2.18. The topological polar surface area (TPSA) is 21.3 Å². The van der Waals surface area contributed by atoms with Gasteiger partial charge in [0.15, 0.2) is 0 Å². The van der Waals surface area contributed by atoms with Crippen molar-refractivity contribution < 1.29 is 9.13 Å². The van der Waals surface area contributed by atoms with Crippen molar-refractivity contribution in [2.45, 2.75) is 45.3 Å². The molecule has 1 N–H and O–H groups in total. The van der Waals surface area contributed by atoms with Gasteiger partial charge in [-0.1, -0.05) is 6.07 Å². The second kappa shape index (κ2) is 6.54. The molecule has 1 fully saturated rings. The quantitative estimate of drug-likeness (QED) is 0.875. The van der Waals surface area contributed by atoms with Crippen molar-refractivity contribution in [1.29, 1.82) is 0 Å². The van der Waals surface area contributed by atoms with Crippen molar-refractivity contribution >= 4 is 15.9 Å². The minimum Gasteiger partial charge on any atom is -0.373 e. The Morgan fingerprint density at radius 1 is 1.40 bits per heavy atom. The van der Waals surface area contributed by atoms with E-state index in [9.17, 15) is 4.39 Å². The Morgan fingerprint density at radius 3 is 2.80 bits per heavy atom. The lowest BCUT2D eigenvalue weighted by molar-refractivity contribution is -0.0294. The zero-order valence-electron chi connectivity index (χ0n) is 12.4. The van der Waals surface area contributed by atoms with Crippen LogP contribution in [0, 0.1) is 11.7 Å². The van der Waals surface area contributed by atoms with Gasteiger partial charge in [0.05, 0.1) is 10.6 Å². The van der Waals surface area contributed by atoms with Gasteiger partial charge in [0, 0.05) is 24.6 Å². The average molecular weight is 344 g/mol. The first-order valence-electron chi connectivity index (χ1n) is 7.18. The monoisotopic (exact) mass is 343 g/mol. The number of ether oxygens (including phenoxy) is 1. The molecule has 0 spiro atoms. The number of halogens is 2. The third-order valence-corrected chi connectivity index (χ3v) is 4.25. The van der Waals surface area contributed by atoms with Crippen LogP contribution in [0.1, 0.15) is 45.3 Å². The van der Waals surface area contributed by atoms with Crippen LogP contribution in [-0.4, -0.2) is 18.7 Å². The summed E-state index contributed by atoms with van der Waals surface area (Å²) < 4.78 is 20.1. The van der Waals surface area contributed by atoms with Crippen molar-refractivity contribution in [2.75, 3.05) is 13.2 Å². The SMILES string of the molecule is CC(C)(C)NCC1CCCOC1c1ccc(Br)c(F)c1. The molecule has 1 aliphatic rings. The molecule has 1 saturated heterocycles. The van der Waals surface area contributed by atoms with Crippen LogP contribution in [0.25, 0.3) is 0 Å². The number of hydrogen-bond acceptors (Lipinski definition) is 2. The number of nitrogens with one attached hydrogen (secondary N) is 1. The van der Waals surface area contributed by atoms with E-state index in [0.29, 0.717) is 10.4 Å². The molecule has 0 aliphatic carbocycles. The Bertz CT molecular complexity index is 458. The first kappa shape index (κ1) is 15.9. The molecule has 2 rings (SSSR count). The zero-order valence-corrected chi connectivity index (χ0v) is 14.0. The lowest BCUT2D eigenvalue weighted by atomic mass is 9.88. The fraction of sp³-hybridized carbons (Fsp3) is 0.625. The standard InChI is InChI=1S/C16H23BrFNO/c1-16(2,3)19-10-12-5-4-8-20-15(12)11-6-7-13(17)14(18)9-11/h6-7,9,12,15,19H,4-5,8,10H2,1-3H3. The summed E-state index contributed by atoms with van der Waals surface area (Å²) in [6, 6.07) is 5.30. The van der Waals surface area contributed by atoms with Gasteiger partial charge in [-0.25, -0.2) is 4.39 Å². The first-order chi connectivity index (χ1) is 9.37. The summed E-state index contributed by atoms with van der Waals surface area (Å²) in [5, 5.41) is 3.53. The van der Waals surface area contributed by atoms with Gasteiger partial charge in [-0.3, -0.25) is 0 Å². The van der Waals surface area contributed by atoms with Crippen LogP contribution in [0.3, 0.4) is 0 Å². The van der Waals surface area contributed by atoms with Crippen LogP contribution in [0.2, 0.25) is 0 Å².